The molecular formula is C24H23ClFN3O. The standard InChI is InChI=1S/C24H22FN3O.ClH/c25-21-15-17(14-19-16-23(29)26-24(19)21)8-9-27-10-12-28(13-11-27)22-7-3-5-18-4-1-2-6-20(18)22;/h1-7,14-16H,8-13H2;1H. The van der Waals surface area contributed by atoms with Crippen molar-refractivity contribution in [2.45, 2.75) is 6.42 Å². The summed E-state index contributed by atoms with van der Waals surface area (Å²) in [5.41, 5.74) is 2.21. The lowest BCUT2D eigenvalue weighted by molar-refractivity contribution is -0.112. The molecule has 2 aliphatic heterocycles. The largest absolute Gasteiger partial charge is 0.368 e. The van der Waals surface area contributed by atoms with E-state index in [1.807, 2.05) is 6.07 Å². The number of anilines is 1. The van der Waals surface area contributed by atoms with E-state index in [1.165, 1.54) is 28.6 Å². The van der Waals surface area contributed by atoms with Gasteiger partial charge in [0, 0.05) is 55.1 Å². The molecule has 154 valence electrons. The minimum atomic E-state index is -0.402. The van der Waals surface area contributed by atoms with Gasteiger partial charge in [0.1, 0.15) is 11.2 Å². The van der Waals surface area contributed by atoms with Crippen LogP contribution in [0.4, 0.5) is 10.1 Å². The summed E-state index contributed by atoms with van der Waals surface area (Å²) in [5.74, 6) is -0.777. The number of hydrogen-bond acceptors (Lipinski definition) is 3. The Morgan fingerprint density at radius 3 is 2.57 bits per heavy atom. The van der Waals surface area contributed by atoms with Crippen molar-refractivity contribution in [3.05, 3.63) is 76.6 Å². The molecule has 0 aliphatic carbocycles. The first-order valence-electron chi connectivity index (χ1n) is 10.1. The van der Waals surface area contributed by atoms with Crippen molar-refractivity contribution in [3.63, 3.8) is 0 Å². The molecule has 1 amide bonds. The number of halogens is 2. The fourth-order valence-electron chi connectivity index (χ4n) is 4.31. The summed E-state index contributed by atoms with van der Waals surface area (Å²) in [6.45, 7) is 4.81. The van der Waals surface area contributed by atoms with Gasteiger partial charge in [0.15, 0.2) is 0 Å². The average molecular weight is 424 g/mol. The Morgan fingerprint density at radius 1 is 0.967 bits per heavy atom. The Kier molecular flexibility index (Phi) is 5.84. The van der Waals surface area contributed by atoms with Crippen molar-refractivity contribution < 1.29 is 9.18 Å². The molecule has 0 saturated carbocycles. The molecule has 0 aromatic heterocycles. The topological polar surface area (TPSA) is 35.9 Å². The summed E-state index contributed by atoms with van der Waals surface area (Å²) in [7, 11) is 0. The van der Waals surface area contributed by atoms with Gasteiger partial charge in [0.25, 0.3) is 5.91 Å². The second-order valence-corrected chi connectivity index (χ2v) is 7.69. The monoisotopic (exact) mass is 423 g/mol. The van der Waals surface area contributed by atoms with E-state index in [1.54, 1.807) is 0 Å². The van der Waals surface area contributed by atoms with Gasteiger partial charge in [-0.15, -0.1) is 12.4 Å². The van der Waals surface area contributed by atoms with Crippen LogP contribution in [-0.4, -0.2) is 43.5 Å². The molecule has 0 unspecified atom stereocenters. The smallest absolute Gasteiger partial charge is 0.271 e. The Morgan fingerprint density at radius 2 is 1.73 bits per heavy atom. The number of benzene rings is 3. The summed E-state index contributed by atoms with van der Waals surface area (Å²) in [4.78, 5) is 20.0. The van der Waals surface area contributed by atoms with E-state index >= 15 is 0 Å². The van der Waals surface area contributed by atoms with Crippen molar-refractivity contribution in [3.8, 4) is 0 Å². The number of carbonyl (C=O) groups excluding carboxylic acids is 1. The molecule has 0 bridgehead atoms. The fourth-order valence-corrected chi connectivity index (χ4v) is 4.31. The average Bonchev–Trinajstić information content (AvgIpc) is 3.13. The molecule has 6 heteroatoms. The third kappa shape index (κ3) is 3.95. The molecule has 30 heavy (non-hydrogen) atoms. The van der Waals surface area contributed by atoms with Gasteiger partial charge in [-0.25, -0.2) is 9.38 Å². The number of hydrogen-bond donors (Lipinski definition) is 0. The third-order valence-electron chi connectivity index (χ3n) is 5.85. The predicted octanol–water partition coefficient (Wildman–Crippen LogP) is 2.71. The summed E-state index contributed by atoms with van der Waals surface area (Å²) in [5, 5.41) is 3.36. The first-order valence-corrected chi connectivity index (χ1v) is 10.1. The third-order valence-corrected chi connectivity index (χ3v) is 5.85. The lowest BCUT2D eigenvalue weighted by Crippen LogP contribution is -2.47. The van der Waals surface area contributed by atoms with Crippen molar-refractivity contribution in [1.82, 2.24) is 4.90 Å². The van der Waals surface area contributed by atoms with E-state index in [9.17, 15) is 9.18 Å². The molecule has 1 saturated heterocycles. The van der Waals surface area contributed by atoms with Crippen LogP contribution in [0.25, 0.3) is 16.8 Å². The van der Waals surface area contributed by atoms with Crippen LogP contribution < -0.4 is 15.5 Å². The number of fused-ring (bicyclic) bond motifs is 2. The van der Waals surface area contributed by atoms with E-state index in [4.69, 9.17) is 0 Å². The molecule has 1 fully saturated rings. The van der Waals surface area contributed by atoms with Crippen LogP contribution in [0, 0.1) is 5.82 Å². The van der Waals surface area contributed by atoms with E-state index in [-0.39, 0.29) is 23.7 Å². The van der Waals surface area contributed by atoms with E-state index < -0.39 is 5.82 Å². The summed E-state index contributed by atoms with van der Waals surface area (Å²) in [6, 6.07) is 18.4. The molecule has 4 nitrogen and oxygen atoms in total. The van der Waals surface area contributed by atoms with Crippen LogP contribution in [0.1, 0.15) is 5.56 Å². The van der Waals surface area contributed by atoms with Crippen LogP contribution in [-0.2, 0) is 11.2 Å². The maximum absolute atomic E-state index is 14.2. The first kappa shape index (κ1) is 20.5. The fraction of sp³-hybridized carbons (Fsp3) is 0.250. The summed E-state index contributed by atoms with van der Waals surface area (Å²) >= 11 is 0. The van der Waals surface area contributed by atoms with Crippen LogP contribution >= 0.6 is 12.4 Å². The minimum Gasteiger partial charge on any atom is -0.368 e. The van der Waals surface area contributed by atoms with Gasteiger partial charge in [-0.2, -0.15) is 0 Å². The first-order chi connectivity index (χ1) is 14.2. The van der Waals surface area contributed by atoms with E-state index in [0.29, 0.717) is 5.22 Å². The number of amides is 1. The van der Waals surface area contributed by atoms with Crippen molar-refractivity contribution in [2.24, 2.45) is 4.99 Å². The Labute approximate surface area is 180 Å². The highest BCUT2D eigenvalue weighted by molar-refractivity contribution is 6.06. The molecule has 0 radical (unpaired) electrons. The maximum atomic E-state index is 14.2. The van der Waals surface area contributed by atoms with Gasteiger partial charge in [-0.05, 0) is 35.6 Å². The lowest BCUT2D eigenvalue weighted by Gasteiger charge is -2.36. The quantitative estimate of drug-likeness (QED) is 0.647. The van der Waals surface area contributed by atoms with Gasteiger partial charge in [0.2, 0.25) is 0 Å². The normalized spacial score (nSPS) is 16.0. The molecule has 5 rings (SSSR count). The van der Waals surface area contributed by atoms with Crippen LogP contribution in [0.2, 0.25) is 0 Å². The Balaban J connectivity index is 0.00000218. The van der Waals surface area contributed by atoms with Crippen molar-refractivity contribution in [2.75, 3.05) is 37.6 Å². The van der Waals surface area contributed by atoms with E-state index in [0.717, 1.165) is 44.7 Å². The number of nitrogens with zero attached hydrogens (tertiary/aromatic N) is 3. The molecule has 2 aliphatic rings. The highest BCUT2D eigenvalue weighted by atomic mass is 35.5. The molecule has 0 atom stereocenters. The zero-order valence-electron chi connectivity index (χ0n) is 16.6. The van der Waals surface area contributed by atoms with Crippen molar-refractivity contribution in [1.29, 1.82) is 0 Å². The zero-order chi connectivity index (χ0) is 19.8. The summed E-state index contributed by atoms with van der Waals surface area (Å²) < 4.78 is 14.2. The van der Waals surface area contributed by atoms with Gasteiger partial charge < -0.3 is 4.90 Å². The molecular weight excluding hydrogens is 401 g/mol. The van der Waals surface area contributed by atoms with Gasteiger partial charge in [0.05, 0.1) is 0 Å². The van der Waals surface area contributed by atoms with Gasteiger partial charge in [-0.1, -0.05) is 36.4 Å². The molecule has 3 aromatic carbocycles. The minimum absolute atomic E-state index is 0. The number of piperazine rings is 1. The maximum Gasteiger partial charge on any atom is 0.271 e. The molecule has 3 aromatic rings. The number of rotatable bonds is 4. The number of carbonyl (C=O) groups is 1. The van der Waals surface area contributed by atoms with E-state index in [2.05, 4.69) is 57.3 Å². The highest BCUT2D eigenvalue weighted by Crippen LogP contribution is 2.27. The van der Waals surface area contributed by atoms with Gasteiger partial charge in [-0.3, -0.25) is 9.69 Å². The molecule has 2 heterocycles. The van der Waals surface area contributed by atoms with Crippen LogP contribution in [0.3, 0.4) is 0 Å². The Bertz CT molecular complexity index is 1210. The van der Waals surface area contributed by atoms with Crippen LogP contribution in [0.15, 0.2) is 59.6 Å². The second kappa shape index (κ2) is 8.54. The molecule has 0 N–H and O–H groups in total. The SMILES string of the molecule is Cl.O=C1C=c2cc(CCN3CCN(c4cccc5ccccc45)CC3)cc(F)c2=N1. The predicted molar refractivity (Wildman–Crippen MR) is 120 cm³/mol. The highest BCUT2D eigenvalue weighted by Gasteiger charge is 2.19. The Hall–Kier alpha value is -2.76. The van der Waals surface area contributed by atoms with Crippen molar-refractivity contribution >= 4 is 40.9 Å². The lowest BCUT2D eigenvalue weighted by atomic mass is 10.1. The summed E-state index contributed by atoms with van der Waals surface area (Å²) in [6.07, 6.45) is 2.17. The van der Waals surface area contributed by atoms with Gasteiger partial charge >= 0.3 is 0 Å². The molecule has 0 spiro atoms. The second-order valence-electron chi connectivity index (χ2n) is 7.69. The van der Waals surface area contributed by atoms with Crippen LogP contribution in [0.5, 0.6) is 0 Å². The zero-order valence-corrected chi connectivity index (χ0v) is 17.4.